The van der Waals surface area contributed by atoms with Gasteiger partial charge in [0.05, 0.1) is 17.2 Å². The highest BCUT2D eigenvalue weighted by Crippen LogP contribution is 2.29. The molecule has 0 saturated heterocycles. The number of nitrogens with zero attached hydrogens (tertiary/aromatic N) is 3. The molecule has 0 fully saturated rings. The fraction of sp³-hybridized carbons (Fsp3) is 0.222. The molecule has 2 aromatic heterocycles. The maximum absolute atomic E-state index is 11.1. The van der Waals surface area contributed by atoms with Crippen LogP contribution < -0.4 is 5.32 Å². The van der Waals surface area contributed by atoms with E-state index in [-0.39, 0.29) is 5.91 Å². The first kappa shape index (κ1) is 16.1. The first-order chi connectivity index (χ1) is 11.4. The number of hydrogen-bond acceptors (Lipinski definition) is 5. The lowest BCUT2D eigenvalue weighted by molar-refractivity contribution is -0.114. The Labute approximate surface area is 144 Å². The molecular weight excluding hydrogens is 320 g/mol. The third kappa shape index (κ3) is 3.12. The van der Waals surface area contributed by atoms with E-state index < -0.39 is 5.41 Å². The Morgan fingerprint density at radius 2 is 1.88 bits per heavy atom. The number of aromatic nitrogens is 2. The number of anilines is 1. The lowest BCUT2D eigenvalue weighted by atomic mass is 9.86. The summed E-state index contributed by atoms with van der Waals surface area (Å²) in [5.74, 6) is -0.148. The van der Waals surface area contributed by atoms with E-state index in [0.29, 0.717) is 5.13 Å². The molecule has 0 bridgehead atoms. The maximum Gasteiger partial charge on any atom is 0.223 e. The van der Waals surface area contributed by atoms with Crippen molar-refractivity contribution < 1.29 is 4.79 Å². The zero-order valence-corrected chi connectivity index (χ0v) is 14.4. The predicted octanol–water partition coefficient (Wildman–Crippen LogP) is 4.12. The lowest BCUT2D eigenvalue weighted by Crippen LogP contribution is -2.13. The Morgan fingerprint density at radius 1 is 1.17 bits per heavy atom. The number of thiazole rings is 1. The number of nitrogens with one attached hydrogen (secondary N) is 1. The molecule has 0 unspecified atom stereocenters. The highest BCUT2D eigenvalue weighted by molar-refractivity contribution is 7.21. The third-order valence-corrected chi connectivity index (χ3v) is 4.60. The smallest absolute Gasteiger partial charge is 0.223 e. The van der Waals surface area contributed by atoms with Gasteiger partial charge in [0, 0.05) is 12.5 Å². The van der Waals surface area contributed by atoms with Gasteiger partial charge in [-0.1, -0.05) is 35.6 Å². The van der Waals surface area contributed by atoms with Gasteiger partial charge in [-0.15, -0.1) is 0 Å². The highest BCUT2D eigenvalue weighted by atomic mass is 32.1. The molecule has 0 saturated carbocycles. The second kappa shape index (κ2) is 6.02. The molecule has 1 amide bonds. The maximum atomic E-state index is 11.1. The molecule has 3 rings (SSSR count). The van der Waals surface area contributed by atoms with E-state index in [2.05, 4.69) is 21.4 Å². The van der Waals surface area contributed by atoms with Crippen LogP contribution >= 0.6 is 11.3 Å². The van der Waals surface area contributed by atoms with Crippen LogP contribution in [0.25, 0.3) is 21.6 Å². The Bertz CT molecular complexity index is 951. The Morgan fingerprint density at radius 3 is 2.50 bits per heavy atom. The van der Waals surface area contributed by atoms with Crippen molar-refractivity contribution >= 4 is 32.7 Å². The Kier molecular flexibility index (Phi) is 4.04. The molecule has 0 aliphatic heterocycles. The largest absolute Gasteiger partial charge is 0.302 e. The minimum absolute atomic E-state index is 0.148. The van der Waals surface area contributed by atoms with Crippen LogP contribution in [0.5, 0.6) is 0 Å². The molecule has 3 aromatic rings. The molecule has 5 nitrogen and oxygen atoms in total. The average Bonchev–Trinajstić information content (AvgIpc) is 2.95. The second-order valence-corrected chi connectivity index (χ2v) is 7.01. The summed E-state index contributed by atoms with van der Waals surface area (Å²) >= 11 is 1.35. The number of hydrogen-bond donors (Lipinski definition) is 1. The molecule has 6 heteroatoms. The molecule has 0 spiro atoms. The third-order valence-electron chi connectivity index (χ3n) is 3.72. The van der Waals surface area contributed by atoms with Crippen LogP contribution in [0.15, 0.2) is 36.4 Å². The van der Waals surface area contributed by atoms with Crippen molar-refractivity contribution in [1.82, 2.24) is 9.97 Å². The summed E-state index contributed by atoms with van der Waals surface area (Å²) in [5, 5.41) is 12.5. The summed E-state index contributed by atoms with van der Waals surface area (Å²) in [6.07, 6.45) is 0. The SMILES string of the molecule is CC(=O)Nc1nc2ccc(-c3ccc(C(C)(C)C#N)cc3)nc2s1. The van der Waals surface area contributed by atoms with Crippen molar-refractivity contribution in [2.24, 2.45) is 0 Å². The van der Waals surface area contributed by atoms with Crippen molar-refractivity contribution in [2.75, 3.05) is 5.32 Å². The van der Waals surface area contributed by atoms with Crippen molar-refractivity contribution in [1.29, 1.82) is 5.26 Å². The van der Waals surface area contributed by atoms with E-state index in [1.807, 2.05) is 50.2 Å². The number of rotatable bonds is 3. The van der Waals surface area contributed by atoms with Gasteiger partial charge in [-0.2, -0.15) is 5.26 Å². The predicted molar refractivity (Wildman–Crippen MR) is 95.8 cm³/mol. The van der Waals surface area contributed by atoms with Gasteiger partial charge in [-0.05, 0) is 31.5 Å². The summed E-state index contributed by atoms with van der Waals surface area (Å²) in [5.41, 5.74) is 3.03. The highest BCUT2D eigenvalue weighted by Gasteiger charge is 2.19. The zero-order valence-electron chi connectivity index (χ0n) is 13.6. The van der Waals surface area contributed by atoms with E-state index in [1.54, 1.807) is 0 Å². The number of carbonyl (C=O) groups excluding carboxylic acids is 1. The molecule has 0 aliphatic carbocycles. The van der Waals surface area contributed by atoms with E-state index in [0.717, 1.165) is 27.2 Å². The van der Waals surface area contributed by atoms with Gasteiger partial charge in [-0.3, -0.25) is 4.79 Å². The summed E-state index contributed by atoms with van der Waals surface area (Å²) in [6.45, 7) is 5.25. The number of nitriles is 1. The standard InChI is InChI=1S/C18H16N4OS/c1-11(23)20-17-22-15-9-8-14(21-16(15)24-17)12-4-6-13(7-5-12)18(2,3)10-19/h4-9H,1-3H3,(H,20,22,23). The minimum atomic E-state index is -0.513. The van der Waals surface area contributed by atoms with Crippen LogP contribution in [0, 0.1) is 11.3 Å². The number of amides is 1. The molecule has 0 radical (unpaired) electrons. The first-order valence-corrected chi connectivity index (χ1v) is 8.28. The second-order valence-electron chi connectivity index (χ2n) is 6.04. The van der Waals surface area contributed by atoms with Gasteiger partial charge in [-0.25, -0.2) is 9.97 Å². The van der Waals surface area contributed by atoms with Crippen molar-refractivity contribution in [3.05, 3.63) is 42.0 Å². The quantitative estimate of drug-likeness (QED) is 0.780. The summed E-state index contributed by atoms with van der Waals surface area (Å²) in [4.78, 5) is 20.9. The van der Waals surface area contributed by atoms with Gasteiger partial charge in [0.2, 0.25) is 5.91 Å². The van der Waals surface area contributed by atoms with Gasteiger partial charge in [0.1, 0.15) is 10.3 Å². The monoisotopic (exact) mass is 336 g/mol. The van der Waals surface area contributed by atoms with Gasteiger partial charge < -0.3 is 5.32 Å². The van der Waals surface area contributed by atoms with Crippen LogP contribution in [0.4, 0.5) is 5.13 Å². The van der Waals surface area contributed by atoms with Crippen molar-refractivity contribution in [2.45, 2.75) is 26.2 Å². The molecule has 2 heterocycles. The van der Waals surface area contributed by atoms with E-state index in [4.69, 9.17) is 0 Å². The van der Waals surface area contributed by atoms with Crippen LogP contribution in [-0.4, -0.2) is 15.9 Å². The molecule has 120 valence electrons. The minimum Gasteiger partial charge on any atom is -0.302 e. The number of pyridine rings is 1. The van der Waals surface area contributed by atoms with Gasteiger partial charge >= 0.3 is 0 Å². The summed E-state index contributed by atoms with van der Waals surface area (Å²) in [7, 11) is 0. The summed E-state index contributed by atoms with van der Waals surface area (Å²) < 4.78 is 0. The normalized spacial score (nSPS) is 11.2. The van der Waals surface area contributed by atoms with Crippen LogP contribution in [-0.2, 0) is 10.2 Å². The van der Waals surface area contributed by atoms with Gasteiger partial charge in [0.15, 0.2) is 5.13 Å². The number of benzene rings is 1. The van der Waals surface area contributed by atoms with Crippen molar-refractivity contribution in [3.8, 4) is 17.3 Å². The zero-order chi connectivity index (χ0) is 17.3. The van der Waals surface area contributed by atoms with Crippen LogP contribution in [0.3, 0.4) is 0 Å². The lowest BCUT2D eigenvalue weighted by Gasteiger charge is -2.15. The molecule has 0 atom stereocenters. The fourth-order valence-corrected chi connectivity index (χ4v) is 3.19. The Hall–Kier alpha value is -2.78. The van der Waals surface area contributed by atoms with E-state index >= 15 is 0 Å². The van der Waals surface area contributed by atoms with Crippen LogP contribution in [0.1, 0.15) is 26.3 Å². The van der Waals surface area contributed by atoms with Crippen LogP contribution in [0.2, 0.25) is 0 Å². The molecular formula is C18H16N4OS. The summed E-state index contributed by atoms with van der Waals surface area (Å²) in [6, 6.07) is 14.0. The Balaban J connectivity index is 1.94. The molecule has 1 aromatic carbocycles. The fourth-order valence-electron chi connectivity index (χ4n) is 2.30. The molecule has 24 heavy (non-hydrogen) atoms. The van der Waals surface area contributed by atoms with Gasteiger partial charge in [0.25, 0.3) is 0 Å². The van der Waals surface area contributed by atoms with E-state index in [9.17, 15) is 10.1 Å². The van der Waals surface area contributed by atoms with Crippen molar-refractivity contribution in [3.63, 3.8) is 0 Å². The number of fused-ring (bicyclic) bond motifs is 1. The average molecular weight is 336 g/mol. The molecule has 0 aliphatic rings. The number of carbonyl (C=O) groups is 1. The first-order valence-electron chi connectivity index (χ1n) is 7.46. The molecule has 1 N–H and O–H groups in total. The topological polar surface area (TPSA) is 78.7 Å². The van der Waals surface area contributed by atoms with E-state index in [1.165, 1.54) is 18.3 Å².